The van der Waals surface area contributed by atoms with E-state index in [1.54, 1.807) is 19.2 Å². The maximum absolute atomic E-state index is 12.6. The molecule has 1 aromatic carbocycles. The van der Waals surface area contributed by atoms with Gasteiger partial charge in [0.1, 0.15) is 17.3 Å². The van der Waals surface area contributed by atoms with Crippen LogP contribution in [0.3, 0.4) is 0 Å². The lowest BCUT2D eigenvalue weighted by Gasteiger charge is -2.07. The minimum Gasteiger partial charge on any atom is -0.495 e. The van der Waals surface area contributed by atoms with E-state index in [2.05, 4.69) is 11.6 Å². The zero-order valence-corrected chi connectivity index (χ0v) is 8.25. The predicted molar refractivity (Wildman–Crippen MR) is 55.0 cm³/mol. The van der Waals surface area contributed by atoms with E-state index in [0.717, 1.165) is 5.56 Å². The summed E-state index contributed by atoms with van der Waals surface area (Å²) in [5.74, 6) is 0.200. The van der Waals surface area contributed by atoms with Gasteiger partial charge in [-0.1, -0.05) is 6.58 Å². The summed E-state index contributed by atoms with van der Waals surface area (Å²) in [5, 5.41) is 0. The van der Waals surface area contributed by atoms with Crippen LogP contribution in [-0.4, -0.2) is 19.9 Å². The Morgan fingerprint density at radius 2 is 1.93 bits per heavy atom. The number of hydrogen-bond acceptors (Lipinski definition) is 2. The van der Waals surface area contributed by atoms with E-state index in [-0.39, 0.29) is 5.82 Å². The molecule has 1 rings (SSSR count). The summed E-state index contributed by atoms with van der Waals surface area (Å²) in [6.07, 6.45) is 0. The minimum atomic E-state index is -0.271. The third-order valence-electron chi connectivity index (χ3n) is 1.85. The van der Waals surface area contributed by atoms with E-state index in [0.29, 0.717) is 11.5 Å². The van der Waals surface area contributed by atoms with E-state index in [1.807, 2.05) is 0 Å². The predicted octanol–water partition coefficient (Wildman–Crippen LogP) is 2.40. The highest BCUT2D eigenvalue weighted by atomic mass is 19.1. The zero-order chi connectivity index (χ0) is 10.6. The van der Waals surface area contributed by atoms with Gasteiger partial charge in [0, 0.05) is 12.6 Å². The van der Waals surface area contributed by atoms with E-state index < -0.39 is 0 Å². The second-order valence-electron chi connectivity index (χ2n) is 2.71. The second kappa shape index (κ2) is 4.56. The number of benzene rings is 1. The van der Waals surface area contributed by atoms with Gasteiger partial charge in [-0.3, -0.25) is 4.99 Å². The Morgan fingerprint density at radius 3 is 2.36 bits per heavy atom. The highest BCUT2D eigenvalue weighted by Crippen LogP contribution is 2.09. The van der Waals surface area contributed by atoms with Gasteiger partial charge < -0.3 is 4.74 Å². The van der Waals surface area contributed by atoms with Crippen molar-refractivity contribution in [3.63, 3.8) is 0 Å². The van der Waals surface area contributed by atoms with E-state index in [9.17, 15) is 4.39 Å². The van der Waals surface area contributed by atoms with Crippen LogP contribution in [0.1, 0.15) is 5.56 Å². The number of halogens is 1. The van der Waals surface area contributed by atoms with Crippen LogP contribution < -0.4 is 0 Å². The van der Waals surface area contributed by atoms with Crippen molar-refractivity contribution in [1.82, 2.24) is 0 Å². The molecule has 0 fully saturated rings. The minimum absolute atomic E-state index is 0.271. The van der Waals surface area contributed by atoms with Gasteiger partial charge in [0.05, 0.1) is 7.11 Å². The van der Waals surface area contributed by atoms with Crippen molar-refractivity contribution >= 4 is 5.71 Å². The Kier molecular flexibility index (Phi) is 3.40. The van der Waals surface area contributed by atoms with Gasteiger partial charge in [0.15, 0.2) is 0 Å². The van der Waals surface area contributed by atoms with Gasteiger partial charge in [-0.05, 0) is 24.3 Å². The van der Waals surface area contributed by atoms with Crippen molar-refractivity contribution in [3.8, 4) is 0 Å². The highest BCUT2D eigenvalue weighted by Gasteiger charge is 2.06. The smallest absolute Gasteiger partial charge is 0.137 e. The molecule has 0 N–H and O–H groups in total. The molecule has 0 saturated heterocycles. The maximum atomic E-state index is 12.6. The molecule has 0 heterocycles. The lowest BCUT2D eigenvalue weighted by atomic mass is 10.1. The highest BCUT2D eigenvalue weighted by molar-refractivity contribution is 6.10. The number of methoxy groups -OCH3 is 1. The monoisotopic (exact) mass is 193 g/mol. The first-order chi connectivity index (χ1) is 6.69. The maximum Gasteiger partial charge on any atom is 0.137 e. The lowest BCUT2D eigenvalue weighted by Crippen LogP contribution is -2.05. The van der Waals surface area contributed by atoms with Crippen LogP contribution in [0.5, 0.6) is 0 Å². The van der Waals surface area contributed by atoms with Crippen molar-refractivity contribution in [3.05, 3.63) is 48.0 Å². The average molecular weight is 193 g/mol. The Morgan fingerprint density at radius 1 is 1.36 bits per heavy atom. The van der Waals surface area contributed by atoms with Crippen LogP contribution >= 0.6 is 0 Å². The first kappa shape index (κ1) is 10.4. The van der Waals surface area contributed by atoms with Crippen LogP contribution in [0, 0.1) is 5.82 Å². The van der Waals surface area contributed by atoms with Crippen molar-refractivity contribution in [2.24, 2.45) is 4.99 Å². The van der Waals surface area contributed by atoms with Crippen LogP contribution in [-0.2, 0) is 4.74 Å². The lowest BCUT2D eigenvalue weighted by molar-refractivity contribution is 0.317. The number of ether oxygens (including phenoxy) is 1. The van der Waals surface area contributed by atoms with Crippen molar-refractivity contribution in [1.29, 1.82) is 0 Å². The summed E-state index contributed by atoms with van der Waals surface area (Å²) in [5.41, 5.74) is 1.42. The molecule has 0 aliphatic heterocycles. The topological polar surface area (TPSA) is 21.6 Å². The summed E-state index contributed by atoms with van der Waals surface area (Å²) in [6.45, 7) is 3.70. The summed E-state index contributed by atoms with van der Waals surface area (Å²) < 4.78 is 17.6. The van der Waals surface area contributed by atoms with E-state index in [1.165, 1.54) is 19.2 Å². The molecule has 0 aliphatic carbocycles. The fourth-order valence-corrected chi connectivity index (χ4v) is 1.12. The third kappa shape index (κ3) is 2.19. The summed E-state index contributed by atoms with van der Waals surface area (Å²) in [4.78, 5) is 4.03. The number of hydrogen-bond donors (Lipinski definition) is 0. The first-order valence-corrected chi connectivity index (χ1v) is 4.15. The van der Waals surface area contributed by atoms with Gasteiger partial charge in [-0.2, -0.15) is 0 Å². The van der Waals surface area contributed by atoms with E-state index in [4.69, 9.17) is 4.74 Å². The van der Waals surface area contributed by atoms with Gasteiger partial charge >= 0.3 is 0 Å². The Balaban J connectivity index is 3.03. The molecule has 0 aromatic heterocycles. The SMILES string of the molecule is C=C(OC)C(=NC)c1ccc(F)cc1. The molecule has 1 aromatic rings. The van der Waals surface area contributed by atoms with E-state index >= 15 is 0 Å². The molecular weight excluding hydrogens is 181 g/mol. The van der Waals surface area contributed by atoms with Gasteiger partial charge in [0.25, 0.3) is 0 Å². The molecule has 0 unspecified atom stereocenters. The van der Waals surface area contributed by atoms with Crippen molar-refractivity contribution in [2.45, 2.75) is 0 Å². The fraction of sp³-hybridized carbons (Fsp3) is 0.182. The number of rotatable bonds is 3. The molecule has 0 radical (unpaired) electrons. The summed E-state index contributed by atoms with van der Waals surface area (Å²) >= 11 is 0. The Labute approximate surface area is 82.7 Å². The molecular formula is C11H12FNO. The fourth-order valence-electron chi connectivity index (χ4n) is 1.12. The molecule has 74 valence electrons. The van der Waals surface area contributed by atoms with Crippen LogP contribution in [0.25, 0.3) is 0 Å². The molecule has 0 saturated carbocycles. The van der Waals surface area contributed by atoms with Crippen LogP contribution in [0.15, 0.2) is 41.6 Å². The second-order valence-corrected chi connectivity index (χ2v) is 2.71. The normalized spacial score (nSPS) is 11.2. The molecule has 0 bridgehead atoms. The molecule has 0 amide bonds. The van der Waals surface area contributed by atoms with Gasteiger partial charge in [-0.15, -0.1) is 0 Å². The first-order valence-electron chi connectivity index (χ1n) is 4.15. The zero-order valence-electron chi connectivity index (χ0n) is 8.25. The molecule has 0 atom stereocenters. The largest absolute Gasteiger partial charge is 0.495 e. The van der Waals surface area contributed by atoms with Crippen LogP contribution in [0.2, 0.25) is 0 Å². The van der Waals surface area contributed by atoms with Gasteiger partial charge in [0.2, 0.25) is 0 Å². The van der Waals surface area contributed by atoms with Crippen molar-refractivity contribution < 1.29 is 9.13 Å². The van der Waals surface area contributed by atoms with Crippen LogP contribution in [0.4, 0.5) is 4.39 Å². The molecule has 3 heteroatoms. The number of nitrogens with zero attached hydrogens (tertiary/aromatic N) is 1. The quantitative estimate of drug-likeness (QED) is 0.533. The molecule has 0 aliphatic rings. The average Bonchev–Trinajstić information content (AvgIpc) is 2.21. The Hall–Kier alpha value is -1.64. The molecule has 2 nitrogen and oxygen atoms in total. The summed E-state index contributed by atoms with van der Waals surface area (Å²) in [7, 11) is 3.17. The van der Waals surface area contributed by atoms with Gasteiger partial charge in [-0.25, -0.2) is 4.39 Å². The molecule has 14 heavy (non-hydrogen) atoms. The molecule has 0 spiro atoms. The Bertz CT molecular complexity index is 354. The third-order valence-corrected chi connectivity index (χ3v) is 1.85. The summed E-state index contributed by atoms with van der Waals surface area (Å²) in [6, 6.07) is 6.04. The van der Waals surface area contributed by atoms with Crippen molar-refractivity contribution in [2.75, 3.05) is 14.2 Å². The number of aliphatic imine (C=N–C) groups is 1. The number of allylic oxidation sites excluding steroid dienone is 1. The standard InChI is InChI=1S/C11H12FNO/c1-8(14-3)11(13-2)9-4-6-10(12)7-5-9/h4-7H,1H2,2-3H3.